The van der Waals surface area contributed by atoms with Crippen LogP contribution in [-0.2, 0) is 13.0 Å². The molecule has 6 nitrogen and oxygen atoms in total. The summed E-state index contributed by atoms with van der Waals surface area (Å²) in [5, 5.41) is 7.31. The zero-order valence-corrected chi connectivity index (χ0v) is 31.3. The molecule has 1 atom stereocenters. The van der Waals surface area contributed by atoms with Crippen molar-refractivity contribution in [3.8, 4) is 22.4 Å². The molecule has 3 aromatic rings. The molecule has 0 aliphatic heterocycles. The quantitative estimate of drug-likeness (QED) is 0.0991. The smallest absolute Gasteiger partial charge is 0.0891 e. The monoisotopic (exact) mass is 660 g/mol. The maximum Gasteiger partial charge on any atom is 0.0891 e. The lowest BCUT2D eigenvalue weighted by Crippen LogP contribution is -2.40. The van der Waals surface area contributed by atoms with Crippen molar-refractivity contribution in [3.63, 3.8) is 0 Å². The second kappa shape index (κ2) is 18.9. The van der Waals surface area contributed by atoms with E-state index < -0.39 is 0 Å². The second-order valence-corrected chi connectivity index (χ2v) is 14.0. The van der Waals surface area contributed by atoms with Gasteiger partial charge in [0.2, 0.25) is 0 Å². The van der Waals surface area contributed by atoms with Gasteiger partial charge in [-0.25, -0.2) is 4.98 Å². The number of allylic oxidation sites excluding steroid dienone is 1. The predicted molar refractivity (Wildman–Crippen MR) is 211 cm³/mol. The molecule has 49 heavy (non-hydrogen) atoms. The topological polar surface area (TPSA) is 74.6 Å². The van der Waals surface area contributed by atoms with Crippen LogP contribution in [0.3, 0.4) is 0 Å². The molecule has 1 unspecified atom stereocenters. The van der Waals surface area contributed by atoms with Crippen LogP contribution in [0.4, 0.5) is 0 Å². The molecule has 1 aliphatic carbocycles. The lowest BCUT2D eigenvalue weighted by Gasteiger charge is -2.33. The van der Waals surface area contributed by atoms with Crippen molar-refractivity contribution in [2.24, 2.45) is 21.8 Å². The Morgan fingerprint density at radius 3 is 2.43 bits per heavy atom. The summed E-state index contributed by atoms with van der Waals surface area (Å²) < 4.78 is 0. The second-order valence-electron chi connectivity index (χ2n) is 14.0. The van der Waals surface area contributed by atoms with E-state index >= 15 is 0 Å². The molecule has 1 aliphatic rings. The van der Waals surface area contributed by atoms with Gasteiger partial charge in [-0.15, -0.1) is 0 Å². The van der Waals surface area contributed by atoms with Crippen molar-refractivity contribution in [2.75, 3.05) is 13.1 Å². The number of nitrogens with one attached hydrogen (secondary N) is 2. The van der Waals surface area contributed by atoms with Gasteiger partial charge >= 0.3 is 0 Å². The Bertz CT molecular complexity index is 1630. The van der Waals surface area contributed by atoms with Gasteiger partial charge in [0.25, 0.3) is 0 Å². The first-order valence-electron chi connectivity index (χ1n) is 18.6. The summed E-state index contributed by atoms with van der Waals surface area (Å²) >= 11 is 0. The highest BCUT2D eigenvalue weighted by atomic mass is 14.9. The van der Waals surface area contributed by atoms with Gasteiger partial charge in [0.15, 0.2) is 0 Å². The highest BCUT2D eigenvalue weighted by Gasteiger charge is 2.24. The molecular formula is C43H60N6. The van der Waals surface area contributed by atoms with Crippen molar-refractivity contribution >= 4 is 18.1 Å². The fourth-order valence-electron chi connectivity index (χ4n) is 6.86. The molecular weight excluding hydrogens is 601 g/mol. The van der Waals surface area contributed by atoms with Gasteiger partial charge in [0.05, 0.1) is 35.2 Å². The minimum atomic E-state index is 0.593. The number of nitrogens with zero attached hydrogens (tertiary/aromatic N) is 4. The van der Waals surface area contributed by atoms with Gasteiger partial charge in [-0.1, -0.05) is 83.2 Å². The third-order valence-corrected chi connectivity index (χ3v) is 10.2. The number of aryl methyl sites for hydroxylation is 1. The standard InChI is InChI=1S/C43H60N6/c1-10-29(4)19-20-30(5)25-45-27-41-33(8)48-43(28-47-41)40-18-14-17-39(36(40)12-3)37-15-13-16-38(32(37)7)42(26-44-9)49-34(11-2)21-22-46-35-23-31(6)24-35/h13-18,26,28,30-31,35,45-46H,4,9-12,19-25,27H2,1-3,5-8H3/b42-26-,49-34?. The largest absolute Gasteiger partial charge is 0.314 e. The van der Waals surface area contributed by atoms with Crippen LogP contribution in [0.5, 0.6) is 0 Å². The van der Waals surface area contributed by atoms with Crippen LogP contribution in [0, 0.1) is 25.7 Å². The molecule has 262 valence electrons. The molecule has 2 N–H and O–H groups in total. The molecule has 1 saturated carbocycles. The summed E-state index contributed by atoms with van der Waals surface area (Å²) in [4.78, 5) is 19.3. The number of hydrogen-bond acceptors (Lipinski definition) is 6. The highest BCUT2D eigenvalue weighted by Crippen LogP contribution is 2.36. The average Bonchev–Trinajstić information content (AvgIpc) is 3.09. The van der Waals surface area contributed by atoms with E-state index in [2.05, 4.69) is 114 Å². The van der Waals surface area contributed by atoms with E-state index in [1.807, 2.05) is 6.20 Å². The van der Waals surface area contributed by atoms with Crippen molar-refractivity contribution in [2.45, 2.75) is 112 Å². The molecule has 0 saturated heterocycles. The van der Waals surface area contributed by atoms with Crippen LogP contribution in [0.25, 0.3) is 28.1 Å². The zero-order valence-electron chi connectivity index (χ0n) is 31.3. The first-order chi connectivity index (χ1) is 23.7. The summed E-state index contributed by atoms with van der Waals surface area (Å²) in [6.45, 7) is 26.1. The fraction of sp³-hybridized carbons (Fsp3) is 0.488. The van der Waals surface area contributed by atoms with Gasteiger partial charge in [-0.05, 0) is 113 Å². The number of aromatic nitrogens is 2. The molecule has 0 amide bonds. The highest BCUT2D eigenvalue weighted by molar-refractivity contribution is 5.91. The minimum Gasteiger partial charge on any atom is -0.314 e. The van der Waals surface area contributed by atoms with E-state index in [9.17, 15) is 0 Å². The van der Waals surface area contributed by atoms with Gasteiger partial charge < -0.3 is 10.6 Å². The zero-order chi connectivity index (χ0) is 35.3. The normalized spacial score (nSPS) is 17.1. The van der Waals surface area contributed by atoms with Crippen LogP contribution in [0.15, 0.2) is 70.9 Å². The summed E-state index contributed by atoms with van der Waals surface area (Å²) in [7, 11) is 0. The van der Waals surface area contributed by atoms with Gasteiger partial charge in [-0.2, -0.15) is 0 Å². The van der Waals surface area contributed by atoms with E-state index in [0.29, 0.717) is 12.0 Å². The Hall–Kier alpha value is -3.74. The lowest BCUT2D eigenvalue weighted by atomic mass is 9.82. The molecule has 6 heteroatoms. The van der Waals surface area contributed by atoms with E-state index in [0.717, 1.165) is 98.0 Å². The number of rotatable bonds is 19. The van der Waals surface area contributed by atoms with Crippen molar-refractivity contribution in [1.82, 2.24) is 20.6 Å². The summed E-state index contributed by atoms with van der Waals surface area (Å²) in [5.74, 6) is 1.44. The van der Waals surface area contributed by atoms with E-state index in [-0.39, 0.29) is 0 Å². The lowest BCUT2D eigenvalue weighted by molar-refractivity contribution is 0.244. The van der Waals surface area contributed by atoms with Crippen LogP contribution in [0.2, 0.25) is 0 Å². The Kier molecular flexibility index (Phi) is 14.7. The first-order valence-corrected chi connectivity index (χ1v) is 18.6. The van der Waals surface area contributed by atoms with E-state index in [1.165, 1.54) is 46.4 Å². The van der Waals surface area contributed by atoms with Crippen LogP contribution >= 0.6 is 0 Å². The third kappa shape index (κ3) is 10.4. The van der Waals surface area contributed by atoms with Gasteiger partial charge in [-0.3, -0.25) is 15.0 Å². The van der Waals surface area contributed by atoms with E-state index in [4.69, 9.17) is 15.0 Å². The number of benzene rings is 2. The van der Waals surface area contributed by atoms with Crippen molar-refractivity contribution in [1.29, 1.82) is 0 Å². The van der Waals surface area contributed by atoms with Crippen LogP contribution in [0.1, 0.15) is 108 Å². The molecule has 0 spiro atoms. The number of aliphatic imine (C=N–C) groups is 2. The Morgan fingerprint density at radius 1 is 1.02 bits per heavy atom. The van der Waals surface area contributed by atoms with Crippen molar-refractivity contribution in [3.05, 3.63) is 89.0 Å². The van der Waals surface area contributed by atoms with Crippen LogP contribution < -0.4 is 10.6 Å². The Morgan fingerprint density at radius 2 is 1.76 bits per heavy atom. The maximum atomic E-state index is 5.16. The van der Waals surface area contributed by atoms with Gasteiger partial charge in [0, 0.05) is 36.0 Å². The molecule has 4 rings (SSSR count). The Labute approximate surface area is 296 Å². The molecule has 0 radical (unpaired) electrons. The van der Waals surface area contributed by atoms with Gasteiger partial charge in [0.1, 0.15) is 0 Å². The third-order valence-electron chi connectivity index (χ3n) is 10.2. The molecule has 0 bridgehead atoms. The van der Waals surface area contributed by atoms with Crippen molar-refractivity contribution < 1.29 is 0 Å². The SMILES string of the molecule is C=N/C=C(\N=C(CC)CCNC1CC(C)C1)c1cccc(-c2cccc(-c3cnc(CNCC(C)CCC(=C)CC)c(C)n3)c2CC)c1C. The average molecular weight is 661 g/mol. The summed E-state index contributed by atoms with van der Waals surface area (Å²) in [6.07, 6.45) is 12.3. The number of hydrogen-bond donors (Lipinski definition) is 2. The molecule has 2 aromatic carbocycles. The fourth-order valence-corrected chi connectivity index (χ4v) is 6.86. The molecule has 1 aromatic heterocycles. The minimum absolute atomic E-state index is 0.593. The molecule has 1 fully saturated rings. The predicted octanol–water partition coefficient (Wildman–Crippen LogP) is 10.1. The Balaban J connectivity index is 1.55. The van der Waals surface area contributed by atoms with Crippen LogP contribution in [-0.4, -0.2) is 41.5 Å². The molecule has 1 heterocycles. The first kappa shape index (κ1) is 38.1. The maximum absolute atomic E-state index is 5.16. The van der Waals surface area contributed by atoms with E-state index in [1.54, 1.807) is 6.20 Å². The summed E-state index contributed by atoms with van der Waals surface area (Å²) in [5.41, 5.74) is 13.3. The summed E-state index contributed by atoms with van der Waals surface area (Å²) in [6, 6.07) is 13.7.